The van der Waals surface area contributed by atoms with Gasteiger partial charge in [-0.3, -0.25) is 4.57 Å². The summed E-state index contributed by atoms with van der Waals surface area (Å²) in [6.45, 7) is 0. The minimum absolute atomic E-state index is 0.503. The summed E-state index contributed by atoms with van der Waals surface area (Å²) in [6, 6.07) is 64.6. The normalized spacial score (nSPS) is 11.6. The number of benzene rings is 7. The Bertz CT molecular complexity index is 3260. The highest BCUT2D eigenvalue weighted by atomic mass is 16.3. The fourth-order valence-electron chi connectivity index (χ4n) is 7.78. The Labute approximate surface area is 322 Å². The Balaban J connectivity index is 1.07. The van der Waals surface area contributed by atoms with Gasteiger partial charge in [-0.05, 0) is 70.8 Å². The van der Waals surface area contributed by atoms with Crippen LogP contribution in [0.2, 0.25) is 0 Å². The molecule has 56 heavy (non-hydrogen) atoms. The molecule has 4 heterocycles. The molecule has 0 saturated carbocycles. The van der Waals surface area contributed by atoms with Gasteiger partial charge in [0.2, 0.25) is 0 Å². The maximum Gasteiger partial charge on any atom is 0.182 e. The highest BCUT2D eigenvalue weighted by Crippen LogP contribution is 2.37. The summed E-state index contributed by atoms with van der Waals surface area (Å²) in [4.78, 5) is 20.4. The Hall–Kier alpha value is -7.70. The standard InChI is InChI=1S/C50H31N5O/c1-3-13-32(14-4-1)34-17-11-18-37(29-34)49-52-48(33-15-5-2-6-16-33)53-50(54-49)42-21-12-24-47(51-42)55-43-22-9-7-19-38(43)39-27-25-36(31-44(39)55)35-26-28-46-41(30-35)40-20-8-10-23-45(40)56-46/h1-31H. The summed E-state index contributed by atoms with van der Waals surface area (Å²) in [6.07, 6.45) is 0. The number of aromatic nitrogens is 5. The van der Waals surface area contributed by atoms with E-state index in [-0.39, 0.29) is 0 Å². The molecule has 0 aliphatic carbocycles. The molecule has 11 aromatic rings. The lowest BCUT2D eigenvalue weighted by molar-refractivity contribution is 0.669. The topological polar surface area (TPSA) is 69.6 Å². The lowest BCUT2D eigenvalue weighted by Gasteiger charge is -2.11. The SMILES string of the molecule is c1ccc(-c2cccc(-c3nc(-c4ccccc4)nc(-c4cccc(-n5c6ccccc6c6ccc(-c7ccc8oc9ccccc9c8c7)cc65)n4)n3)c2)cc1. The molecular formula is C50H31N5O. The van der Waals surface area contributed by atoms with Crippen LogP contribution in [-0.2, 0) is 0 Å². The van der Waals surface area contributed by atoms with E-state index in [2.05, 4.69) is 120 Å². The molecule has 11 rings (SSSR count). The van der Waals surface area contributed by atoms with E-state index in [1.807, 2.05) is 72.8 Å². The van der Waals surface area contributed by atoms with Gasteiger partial charge >= 0.3 is 0 Å². The minimum atomic E-state index is 0.503. The van der Waals surface area contributed by atoms with Crippen molar-refractivity contribution in [2.45, 2.75) is 0 Å². The van der Waals surface area contributed by atoms with E-state index in [0.29, 0.717) is 23.2 Å². The summed E-state index contributed by atoms with van der Waals surface area (Å²) < 4.78 is 8.38. The quantitative estimate of drug-likeness (QED) is 0.171. The van der Waals surface area contributed by atoms with Crippen LogP contribution < -0.4 is 0 Å². The van der Waals surface area contributed by atoms with Crippen LogP contribution in [0.4, 0.5) is 0 Å². The Kier molecular flexibility index (Phi) is 7.38. The van der Waals surface area contributed by atoms with E-state index in [9.17, 15) is 0 Å². The number of nitrogens with zero attached hydrogens (tertiary/aromatic N) is 5. The summed E-state index contributed by atoms with van der Waals surface area (Å²) in [7, 11) is 0. The molecule has 7 aromatic carbocycles. The Morgan fingerprint density at radius 1 is 0.321 bits per heavy atom. The first-order valence-electron chi connectivity index (χ1n) is 18.6. The molecule has 0 radical (unpaired) electrons. The second-order valence-electron chi connectivity index (χ2n) is 13.9. The van der Waals surface area contributed by atoms with Gasteiger partial charge in [0.1, 0.15) is 22.7 Å². The second kappa shape index (κ2) is 13.0. The molecule has 0 saturated heterocycles. The van der Waals surface area contributed by atoms with Gasteiger partial charge in [-0.2, -0.15) is 0 Å². The molecule has 0 spiro atoms. The molecular weight excluding hydrogens is 687 g/mol. The number of rotatable bonds is 6. The van der Waals surface area contributed by atoms with E-state index in [4.69, 9.17) is 24.4 Å². The van der Waals surface area contributed by atoms with E-state index in [0.717, 1.165) is 82.9 Å². The van der Waals surface area contributed by atoms with Crippen molar-refractivity contribution in [3.8, 4) is 62.4 Å². The zero-order valence-electron chi connectivity index (χ0n) is 30.0. The van der Waals surface area contributed by atoms with Gasteiger partial charge in [-0.25, -0.2) is 19.9 Å². The molecule has 6 heteroatoms. The molecule has 0 N–H and O–H groups in total. The molecule has 0 aliphatic heterocycles. The number of furan rings is 1. The molecule has 0 unspecified atom stereocenters. The van der Waals surface area contributed by atoms with Crippen LogP contribution in [0, 0.1) is 0 Å². The Morgan fingerprint density at radius 3 is 1.77 bits per heavy atom. The van der Waals surface area contributed by atoms with Gasteiger partial charge in [-0.1, -0.05) is 140 Å². The zero-order valence-corrected chi connectivity index (χ0v) is 30.0. The van der Waals surface area contributed by atoms with Crippen LogP contribution in [0.1, 0.15) is 0 Å². The van der Waals surface area contributed by atoms with Gasteiger partial charge in [0.05, 0.1) is 11.0 Å². The summed E-state index contributed by atoms with van der Waals surface area (Å²) in [5.41, 5.74) is 10.8. The van der Waals surface area contributed by atoms with Crippen molar-refractivity contribution in [2.75, 3.05) is 0 Å². The maximum atomic E-state index is 6.14. The lowest BCUT2D eigenvalue weighted by Crippen LogP contribution is -2.03. The van der Waals surface area contributed by atoms with Crippen LogP contribution in [0.3, 0.4) is 0 Å². The molecule has 0 amide bonds. The number of para-hydroxylation sites is 2. The predicted octanol–water partition coefficient (Wildman–Crippen LogP) is 12.6. The molecule has 262 valence electrons. The summed E-state index contributed by atoms with van der Waals surface area (Å²) >= 11 is 0. The van der Waals surface area contributed by atoms with Gasteiger partial charge in [0.15, 0.2) is 17.5 Å². The molecule has 0 fully saturated rings. The van der Waals surface area contributed by atoms with Crippen molar-refractivity contribution in [3.63, 3.8) is 0 Å². The molecule has 0 aliphatic rings. The highest BCUT2D eigenvalue weighted by molar-refractivity contribution is 6.11. The second-order valence-corrected chi connectivity index (χ2v) is 13.9. The lowest BCUT2D eigenvalue weighted by atomic mass is 10.0. The monoisotopic (exact) mass is 717 g/mol. The van der Waals surface area contributed by atoms with Crippen LogP contribution in [-0.4, -0.2) is 24.5 Å². The highest BCUT2D eigenvalue weighted by Gasteiger charge is 2.18. The van der Waals surface area contributed by atoms with Crippen molar-refractivity contribution in [1.29, 1.82) is 0 Å². The third-order valence-corrected chi connectivity index (χ3v) is 10.5. The van der Waals surface area contributed by atoms with Gasteiger partial charge in [0, 0.05) is 32.7 Å². The van der Waals surface area contributed by atoms with Crippen molar-refractivity contribution in [3.05, 3.63) is 188 Å². The van der Waals surface area contributed by atoms with E-state index in [1.54, 1.807) is 0 Å². The van der Waals surface area contributed by atoms with Crippen LogP contribution in [0.25, 0.3) is 106 Å². The smallest absolute Gasteiger partial charge is 0.182 e. The third-order valence-electron chi connectivity index (χ3n) is 10.5. The van der Waals surface area contributed by atoms with Gasteiger partial charge < -0.3 is 4.42 Å². The molecule has 4 aromatic heterocycles. The number of hydrogen-bond donors (Lipinski definition) is 0. The van der Waals surface area contributed by atoms with Crippen molar-refractivity contribution in [1.82, 2.24) is 24.5 Å². The first-order chi connectivity index (χ1) is 27.7. The fourth-order valence-corrected chi connectivity index (χ4v) is 7.78. The van der Waals surface area contributed by atoms with Crippen LogP contribution in [0.15, 0.2) is 192 Å². The molecule has 0 bridgehead atoms. The maximum absolute atomic E-state index is 6.14. The average Bonchev–Trinajstić information content (AvgIpc) is 3.82. The molecule has 6 nitrogen and oxygen atoms in total. The minimum Gasteiger partial charge on any atom is -0.456 e. The van der Waals surface area contributed by atoms with Crippen LogP contribution in [0.5, 0.6) is 0 Å². The average molecular weight is 718 g/mol. The fraction of sp³-hybridized carbons (Fsp3) is 0. The predicted molar refractivity (Wildman–Crippen MR) is 226 cm³/mol. The van der Waals surface area contributed by atoms with Crippen molar-refractivity contribution < 1.29 is 4.42 Å². The summed E-state index contributed by atoms with van der Waals surface area (Å²) in [5.74, 6) is 2.45. The first-order valence-corrected chi connectivity index (χ1v) is 18.6. The number of hydrogen-bond acceptors (Lipinski definition) is 5. The van der Waals surface area contributed by atoms with Crippen molar-refractivity contribution in [2.24, 2.45) is 0 Å². The van der Waals surface area contributed by atoms with Gasteiger partial charge in [0.25, 0.3) is 0 Å². The summed E-state index contributed by atoms with van der Waals surface area (Å²) in [5, 5.41) is 4.52. The first kappa shape index (κ1) is 31.8. The van der Waals surface area contributed by atoms with Crippen LogP contribution >= 0.6 is 0 Å². The number of pyridine rings is 1. The number of fused-ring (bicyclic) bond motifs is 6. The van der Waals surface area contributed by atoms with Crippen molar-refractivity contribution >= 4 is 43.7 Å². The van der Waals surface area contributed by atoms with E-state index in [1.165, 1.54) is 0 Å². The van der Waals surface area contributed by atoms with E-state index < -0.39 is 0 Å². The largest absolute Gasteiger partial charge is 0.456 e. The Morgan fingerprint density at radius 2 is 0.911 bits per heavy atom. The van der Waals surface area contributed by atoms with Gasteiger partial charge in [-0.15, -0.1) is 0 Å². The molecule has 0 atom stereocenters. The third kappa shape index (κ3) is 5.43. The zero-order chi connectivity index (χ0) is 37.0. The van der Waals surface area contributed by atoms with E-state index >= 15 is 0 Å².